The van der Waals surface area contributed by atoms with Gasteiger partial charge in [0.2, 0.25) is 5.91 Å². The zero-order valence-electron chi connectivity index (χ0n) is 16.6. The van der Waals surface area contributed by atoms with Crippen LogP contribution in [0.3, 0.4) is 0 Å². The summed E-state index contributed by atoms with van der Waals surface area (Å²) in [6, 6.07) is 11.9. The molecule has 1 aliphatic rings. The Hall–Kier alpha value is -3.29. The molecule has 0 aliphatic carbocycles. The maximum absolute atomic E-state index is 13.7. The summed E-state index contributed by atoms with van der Waals surface area (Å²) in [5, 5.41) is 5.15. The maximum Gasteiger partial charge on any atom is 0.243 e. The number of amides is 1. The van der Waals surface area contributed by atoms with E-state index < -0.39 is 29.0 Å². The summed E-state index contributed by atoms with van der Waals surface area (Å²) in [5.41, 5.74) is 2.10. The fourth-order valence-electron chi connectivity index (χ4n) is 3.24. The molecule has 0 bridgehead atoms. The monoisotopic (exact) mass is 416 g/mol. The number of carbonyl (C=O) groups excluding carboxylic acids is 1. The van der Waals surface area contributed by atoms with Crippen molar-refractivity contribution in [1.29, 1.82) is 0 Å². The highest BCUT2D eigenvalue weighted by molar-refractivity contribution is 5.95. The topological polar surface area (TPSA) is 56.7 Å². The minimum atomic E-state index is -1.62. The summed E-state index contributed by atoms with van der Waals surface area (Å²) in [7, 11) is 1.62. The van der Waals surface area contributed by atoms with Crippen LogP contribution in [-0.4, -0.2) is 43.4 Å². The van der Waals surface area contributed by atoms with E-state index in [0.29, 0.717) is 5.96 Å². The second-order valence-corrected chi connectivity index (χ2v) is 6.87. The average molecular weight is 416 g/mol. The first-order valence-corrected chi connectivity index (χ1v) is 9.61. The number of nitrogens with zero attached hydrogens (tertiary/aromatic N) is 2. The van der Waals surface area contributed by atoms with Crippen LogP contribution in [0.5, 0.6) is 0 Å². The van der Waals surface area contributed by atoms with E-state index in [1.807, 2.05) is 23.1 Å². The van der Waals surface area contributed by atoms with Gasteiger partial charge in [-0.25, -0.2) is 13.2 Å². The van der Waals surface area contributed by atoms with Gasteiger partial charge in [-0.3, -0.25) is 9.79 Å². The number of hydrogen-bond acceptors (Lipinski definition) is 2. The molecule has 1 aliphatic heterocycles. The van der Waals surface area contributed by atoms with Gasteiger partial charge in [0.05, 0.1) is 12.2 Å². The largest absolute Gasteiger partial charge is 0.347 e. The van der Waals surface area contributed by atoms with Crippen molar-refractivity contribution in [1.82, 2.24) is 10.2 Å². The molecular weight excluding hydrogens is 393 g/mol. The molecule has 1 fully saturated rings. The minimum absolute atomic E-state index is 0.186. The zero-order valence-corrected chi connectivity index (χ0v) is 16.6. The van der Waals surface area contributed by atoms with Gasteiger partial charge in [0, 0.05) is 20.1 Å². The first kappa shape index (κ1) is 21.4. The lowest BCUT2D eigenvalue weighted by Crippen LogP contribution is -2.46. The van der Waals surface area contributed by atoms with E-state index in [0.717, 1.165) is 38.1 Å². The van der Waals surface area contributed by atoms with E-state index in [1.165, 1.54) is 11.1 Å². The quantitative estimate of drug-likeness (QED) is 0.453. The summed E-state index contributed by atoms with van der Waals surface area (Å²) < 4.78 is 39.9. The molecule has 30 heavy (non-hydrogen) atoms. The van der Waals surface area contributed by atoms with Gasteiger partial charge in [0.1, 0.15) is 0 Å². The lowest BCUT2D eigenvalue weighted by atomic mass is 10.0. The highest BCUT2D eigenvalue weighted by atomic mass is 19.2. The molecule has 2 aromatic rings. The van der Waals surface area contributed by atoms with Crippen LogP contribution in [0.25, 0.3) is 6.08 Å². The summed E-state index contributed by atoms with van der Waals surface area (Å²) in [6.07, 6.45) is 3.95. The number of benzene rings is 2. The first-order valence-electron chi connectivity index (χ1n) is 9.61. The average Bonchev–Trinajstić information content (AvgIpc) is 2.76. The Morgan fingerprint density at radius 1 is 1.07 bits per heavy atom. The van der Waals surface area contributed by atoms with Crippen molar-refractivity contribution in [3.8, 4) is 0 Å². The van der Waals surface area contributed by atoms with Crippen molar-refractivity contribution in [3.63, 3.8) is 0 Å². The van der Waals surface area contributed by atoms with Crippen LogP contribution in [0.1, 0.15) is 18.4 Å². The molecule has 8 heteroatoms. The molecule has 0 atom stereocenters. The van der Waals surface area contributed by atoms with E-state index in [2.05, 4.69) is 33.8 Å². The van der Waals surface area contributed by atoms with E-state index in [-0.39, 0.29) is 6.54 Å². The molecule has 2 N–H and O–H groups in total. The number of anilines is 1. The minimum Gasteiger partial charge on any atom is -0.347 e. The van der Waals surface area contributed by atoms with Crippen LogP contribution in [0.15, 0.2) is 53.0 Å². The number of nitrogens with one attached hydrogen (secondary N) is 2. The third-order valence-corrected chi connectivity index (χ3v) is 4.80. The van der Waals surface area contributed by atoms with E-state index in [4.69, 9.17) is 0 Å². The Labute approximate surface area is 173 Å². The van der Waals surface area contributed by atoms with Crippen molar-refractivity contribution in [2.45, 2.75) is 12.8 Å². The molecule has 0 spiro atoms. The Balaban J connectivity index is 1.51. The Morgan fingerprint density at radius 3 is 2.43 bits per heavy atom. The number of likely N-dealkylation sites (tertiary alicyclic amines) is 1. The number of halogens is 3. The summed E-state index contributed by atoms with van der Waals surface area (Å²) in [4.78, 5) is 18.3. The molecule has 3 rings (SSSR count). The lowest BCUT2D eigenvalue weighted by Gasteiger charge is -2.31. The predicted molar refractivity (Wildman–Crippen MR) is 112 cm³/mol. The standard InChI is InChI=1S/C22H23F3N4O/c1-26-22(27-14-19(30)28-18-8-7-17(23)20(24)21(18)25)29-11-9-16(10-12-29)13-15-5-3-2-4-6-15/h2-8,13H,9-12,14H2,1H3,(H,26,27)(H,28,30). The normalized spacial score (nSPS) is 14.5. The van der Waals surface area contributed by atoms with Crippen molar-refractivity contribution in [2.24, 2.45) is 4.99 Å². The molecule has 2 aromatic carbocycles. The SMILES string of the molecule is CN=C(NCC(=O)Nc1ccc(F)c(F)c1F)N1CCC(=Cc2ccccc2)CC1. The van der Waals surface area contributed by atoms with Crippen LogP contribution in [0.4, 0.5) is 18.9 Å². The highest BCUT2D eigenvalue weighted by Crippen LogP contribution is 2.20. The molecular formula is C22H23F3N4O. The Morgan fingerprint density at radius 2 is 1.77 bits per heavy atom. The first-order chi connectivity index (χ1) is 14.5. The third kappa shape index (κ3) is 5.40. The number of carbonyl (C=O) groups is 1. The summed E-state index contributed by atoms with van der Waals surface area (Å²) in [5.74, 6) is -4.40. The highest BCUT2D eigenvalue weighted by Gasteiger charge is 2.19. The number of piperidine rings is 1. The smallest absolute Gasteiger partial charge is 0.243 e. The van der Waals surface area contributed by atoms with Gasteiger partial charge in [-0.2, -0.15) is 0 Å². The fourth-order valence-corrected chi connectivity index (χ4v) is 3.24. The molecule has 158 valence electrons. The number of hydrogen-bond donors (Lipinski definition) is 2. The lowest BCUT2D eigenvalue weighted by molar-refractivity contribution is -0.115. The summed E-state index contributed by atoms with van der Waals surface area (Å²) >= 11 is 0. The van der Waals surface area contributed by atoms with E-state index >= 15 is 0 Å². The molecule has 1 heterocycles. The van der Waals surface area contributed by atoms with E-state index in [9.17, 15) is 18.0 Å². The second kappa shape index (κ2) is 9.96. The number of guanidine groups is 1. The molecule has 0 saturated carbocycles. The van der Waals surface area contributed by atoms with Crippen LogP contribution < -0.4 is 10.6 Å². The number of rotatable bonds is 4. The third-order valence-electron chi connectivity index (χ3n) is 4.80. The Bertz CT molecular complexity index is 950. The summed E-state index contributed by atoms with van der Waals surface area (Å²) in [6.45, 7) is 1.31. The molecule has 0 radical (unpaired) electrons. The maximum atomic E-state index is 13.7. The van der Waals surface area contributed by atoms with Gasteiger partial charge in [-0.15, -0.1) is 0 Å². The molecule has 1 saturated heterocycles. The van der Waals surface area contributed by atoms with Crippen LogP contribution >= 0.6 is 0 Å². The van der Waals surface area contributed by atoms with Crippen LogP contribution in [0, 0.1) is 17.5 Å². The molecule has 1 amide bonds. The van der Waals surface area contributed by atoms with E-state index in [1.54, 1.807) is 7.05 Å². The van der Waals surface area contributed by atoms with Crippen molar-refractivity contribution < 1.29 is 18.0 Å². The fraction of sp³-hybridized carbons (Fsp3) is 0.273. The van der Waals surface area contributed by atoms with Gasteiger partial charge in [0.25, 0.3) is 0 Å². The van der Waals surface area contributed by atoms with Crippen LogP contribution in [0.2, 0.25) is 0 Å². The predicted octanol–water partition coefficient (Wildman–Crippen LogP) is 3.80. The molecule has 0 aromatic heterocycles. The molecule has 5 nitrogen and oxygen atoms in total. The second-order valence-electron chi connectivity index (χ2n) is 6.87. The van der Waals surface area contributed by atoms with Gasteiger partial charge in [-0.1, -0.05) is 42.0 Å². The Kier molecular flexibility index (Phi) is 7.11. The number of aliphatic imine (C=N–C) groups is 1. The van der Waals surface area contributed by atoms with Crippen molar-refractivity contribution in [3.05, 3.63) is 71.1 Å². The molecule has 0 unspecified atom stereocenters. The van der Waals surface area contributed by atoms with Gasteiger partial charge < -0.3 is 15.5 Å². The zero-order chi connectivity index (χ0) is 21.5. The van der Waals surface area contributed by atoms with Gasteiger partial charge in [-0.05, 0) is 30.5 Å². The van der Waals surface area contributed by atoms with Crippen molar-refractivity contribution in [2.75, 3.05) is 32.0 Å². The van der Waals surface area contributed by atoms with Crippen molar-refractivity contribution >= 4 is 23.6 Å². The van der Waals surface area contributed by atoms with Crippen LogP contribution in [-0.2, 0) is 4.79 Å². The van der Waals surface area contributed by atoms with Gasteiger partial charge in [0.15, 0.2) is 23.4 Å². The van der Waals surface area contributed by atoms with Gasteiger partial charge >= 0.3 is 0 Å².